The van der Waals surface area contributed by atoms with Crippen LogP contribution in [0.3, 0.4) is 0 Å². The van der Waals surface area contributed by atoms with Crippen molar-refractivity contribution in [3.63, 3.8) is 0 Å². The molecule has 0 saturated heterocycles. The predicted octanol–water partition coefficient (Wildman–Crippen LogP) is 1.98. The average molecular weight is 1030 g/mol. The van der Waals surface area contributed by atoms with Gasteiger partial charge in [0, 0.05) is 0 Å². The number of benzene rings is 4. The third kappa shape index (κ3) is 21.1. The van der Waals surface area contributed by atoms with Crippen molar-refractivity contribution in [2.45, 2.75) is 0 Å². The van der Waals surface area contributed by atoms with E-state index >= 15 is 0 Å². The van der Waals surface area contributed by atoms with E-state index < -0.39 is 61.1 Å². The van der Waals surface area contributed by atoms with Gasteiger partial charge in [0.2, 0.25) is 0 Å². The standard InChI is InChI=1S/4C6H4AsClO3.Zr/c4*8-5-3-1-2-4-6(5)11-7(9)10;/h4*1-4H;/q4*-1;+4. The van der Waals surface area contributed by atoms with Crippen molar-refractivity contribution in [2.24, 2.45) is 0 Å². The maximum Gasteiger partial charge on any atom is 4.00 e. The second-order valence-electron chi connectivity index (χ2n) is 6.98. The molecule has 0 heterocycles. The van der Waals surface area contributed by atoms with Gasteiger partial charge in [-0.25, -0.2) is 0 Å². The number of halogens is 4. The molecule has 0 spiro atoms. The van der Waals surface area contributed by atoms with Crippen molar-refractivity contribution < 1.29 is 72.4 Å². The minimum absolute atomic E-state index is 0. The van der Waals surface area contributed by atoms with Crippen LogP contribution < -0.4 is 31.3 Å². The van der Waals surface area contributed by atoms with E-state index in [1.807, 2.05) is 0 Å². The van der Waals surface area contributed by atoms with Gasteiger partial charge in [-0.1, -0.05) is 0 Å². The second-order valence-corrected chi connectivity index (χ2v) is 13.9. The summed E-state index contributed by atoms with van der Waals surface area (Å²) in [6, 6.07) is 25.7. The van der Waals surface area contributed by atoms with E-state index in [2.05, 4.69) is 14.9 Å². The van der Waals surface area contributed by atoms with E-state index in [9.17, 15) is 31.3 Å². The minimum atomic E-state index is -3.57. The van der Waals surface area contributed by atoms with Crippen LogP contribution in [0, 0.1) is 0 Å². The van der Waals surface area contributed by atoms with Gasteiger partial charge in [0.1, 0.15) is 0 Å². The molecule has 236 valence electrons. The minimum Gasteiger partial charge on any atom is 4.00 e. The molecule has 4 unspecified atom stereocenters. The molecule has 0 aliphatic heterocycles. The van der Waals surface area contributed by atoms with Crippen LogP contribution in [0.5, 0.6) is 23.0 Å². The Balaban J connectivity index is 0.000000569. The molecule has 21 heteroatoms. The van der Waals surface area contributed by atoms with Crippen LogP contribution in [0.4, 0.5) is 0 Å². The topological polar surface area (TPSA) is 197 Å². The Labute approximate surface area is 316 Å². The fraction of sp³-hybridized carbons (Fsp3) is 0. The van der Waals surface area contributed by atoms with Gasteiger partial charge in [-0.2, -0.15) is 0 Å². The van der Waals surface area contributed by atoms with Gasteiger partial charge in [0.15, 0.2) is 0 Å². The maximum atomic E-state index is 10.2. The van der Waals surface area contributed by atoms with Gasteiger partial charge in [-0.15, -0.1) is 0 Å². The number of hydrogen-bond donors (Lipinski definition) is 0. The van der Waals surface area contributed by atoms with Crippen LogP contribution in [0.2, 0.25) is 20.1 Å². The Morgan fingerprint density at radius 2 is 0.533 bits per heavy atom. The molecule has 0 aromatic heterocycles. The van der Waals surface area contributed by atoms with E-state index in [0.717, 1.165) is 0 Å². The summed E-state index contributed by atoms with van der Waals surface area (Å²) in [6.07, 6.45) is 0. The molecule has 4 aromatic carbocycles. The van der Waals surface area contributed by atoms with Crippen LogP contribution >= 0.6 is 46.4 Å². The normalized spacial score (nSPS) is 10.7. The molecule has 4 radical (unpaired) electrons. The van der Waals surface area contributed by atoms with Crippen LogP contribution in [0.25, 0.3) is 0 Å². The fourth-order valence-corrected chi connectivity index (χ4v) is 6.25. The fourth-order valence-electron chi connectivity index (χ4n) is 2.40. The summed E-state index contributed by atoms with van der Waals surface area (Å²) in [6.45, 7) is 0. The third-order valence-corrected chi connectivity index (χ3v) is 8.19. The number of hydrogen-bond acceptors (Lipinski definition) is 12. The van der Waals surface area contributed by atoms with Gasteiger partial charge in [-0.3, -0.25) is 0 Å². The molecule has 4 rings (SSSR count). The summed E-state index contributed by atoms with van der Waals surface area (Å²) in [5.41, 5.74) is 0. The molecular weight excluding hydrogens is 1010 g/mol. The first kappa shape index (κ1) is 44.4. The van der Waals surface area contributed by atoms with Gasteiger partial charge in [0.05, 0.1) is 0 Å². The molecule has 0 aliphatic carbocycles. The smallest absolute Gasteiger partial charge is 4.00 e. The molecular formula is C24H16As4Cl4O12Zr. The van der Waals surface area contributed by atoms with Crippen molar-refractivity contribution >= 4 is 107 Å². The van der Waals surface area contributed by atoms with E-state index in [1.165, 1.54) is 24.3 Å². The van der Waals surface area contributed by atoms with Crippen molar-refractivity contribution in [1.82, 2.24) is 0 Å². The zero-order valence-corrected chi connectivity index (χ0v) is 34.9. The van der Waals surface area contributed by atoms with Crippen LogP contribution in [0.1, 0.15) is 0 Å². The molecule has 0 amide bonds. The Morgan fingerprint density at radius 1 is 0.378 bits per heavy atom. The Bertz CT molecular complexity index is 1340. The molecule has 0 N–H and O–H groups in total. The summed E-state index contributed by atoms with van der Waals surface area (Å²) < 4.78 is 99.1. The third-order valence-electron chi connectivity index (χ3n) is 4.04. The summed E-state index contributed by atoms with van der Waals surface area (Å²) in [5, 5.41) is 1.22. The summed E-state index contributed by atoms with van der Waals surface area (Å²) in [5.74, 6) is 0.775. The predicted molar refractivity (Wildman–Crippen MR) is 154 cm³/mol. The van der Waals surface area contributed by atoms with Gasteiger partial charge >= 0.3 is 320 Å². The number of para-hydroxylation sites is 4. The first-order valence-electron chi connectivity index (χ1n) is 11.1. The molecule has 0 bridgehead atoms. The zero-order chi connectivity index (χ0) is 33.1. The monoisotopic (exact) mass is 1030 g/mol. The molecule has 4 atom stereocenters. The van der Waals surface area contributed by atoms with Crippen molar-refractivity contribution in [1.29, 1.82) is 0 Å². The van der Waals surface area contributed by atoms with Crippen LogP contribution in [-0.2, 0) is 41.2 Å². The van der Waals surface area contributed by atoms with Gasteiger partial charge in [0.25, 0.3) is 0 Å². The Morgan fingerprint density at radius 3 is 0.667 bits per heavy atom. The quantitative estimate of drug-likeness (QED) is 0.233. The first-order valence-corrected chi connectivity index (χ1v) is 21.8. The molecule has 12 nitrogen and oxygen atoms in total. The number of rotatable bonds is 8. The van der Waals surface area contributed by atoms with E-state index in [-0.39, 0.29) is 49.2 Å². The van der Waals surface area contributed by atoms with E-state index in [1.54, 1.807) is 72.8 Å². The Kier molecular flexibility index (Phi) is 25.1. The Hall–Kier alpha value is -0.603. The largest absolute Gasteiger partial charge is 4.00 e. The molecule has 0 fully saturated rings. The van der Waals surface area contributed by atoms with Crippen LogP contribution in [0.15, 0.2) is 97.1 Å². The summed E-state index contributed by atoms with van der Waals surface area (Å²) in [7, 11) is 0. The summed E-state index contributed by atoms with van der Waals surface area (Å²) >= 11 is 8.08. The van der Waals surface area contributed by atoms with Gasteiger partial charge in [-0.05, 0) is 0 Å². The molecule has 0 saturated carbocycles. The zero-order valence-electron chi connectivity index (χ0n) is 21.9. The first-order chi connectivity index (χ1) is 20.8. The molecule has 45 heavy (non-hydrogen) atoms. The average Bonchev–Trinajstić information content (AvgIpc) is 2.94. The van der Waals surface area contributed by atoms with Gasteiger partial charge < -0.3 is 0 Å². The van der Waals surface area contributed by atoms with Crippen molar-refractivity contribution in [3.05, 3.63) is 117 Å². The summed E-state index contributed by atoms with van der Waals surface area (Å²) in [4.78, 5) is 0. The van der Waals surface area contributed by atoms with Crippen LogP contribution in [-0.4, -0.2) is 61.1 Å². The van der Waals surface area contributed by atoms with E-state index in [0.29, 0.717) is 20.1 Å². The van der Waals surface area contributed by atoms with E-state index in [4.69, 9.17) is 46.4 Å². The maximum absolute atomic E-state index is 10.2. The second kappa shape index (κ2) is 25.4. The molecule has 4 aromatic rings. The molecule has 0 aliphatic rings. The van der Waals surface area contributed by atoms with Crippen molar-refractivity contribution in [3.8, 4) is 23.0 Å². The van der Waals surface area contributed by atoms with Crippen molar-refractivity contribution in [2.75, 3.05) is 0 Å². The SMILES string of the molecule is O=[As]([O-])Oc1ccccc1Cl.O=[As]([O-])Oc1ccccc1Cl.O=[As]([O-])Oc1ccccc1Cl.O=[As]([O-])Oc1ccccc1Cl.[Zr+4].